The zero-order valence-corrected chi connectivity index (χ0v) is 14.0. The van der Waals surface area contributed by atoms with E-state index in [0.717, 1.165) is 0 Å². The smallest absolute Gasteiger partial charge is 0.258 e. The molecule has 5 heteroatoms. The summed E-state index contributed by atoms with van der Waals surface area (Å²) in [5.41, 5.74) is 0.354. The van der Waals surface area contributed by atoms with Gasteiger partial charge in [0.1, 0.15) is 0 Å². The number of imide groups is 1. The van der Waals surface area contributed by atoms with Crippen molar-refractivity contribution < 1.29 is 9.59 Å². The van der Waals surface area contributed by atoms with Crippen LogP contribution in [0.2, 0.25) is 0 Å². The molecular formula is C17H17Cl2NO2. The second kappa shape index (κ2) is 6.67. The number of rotatable bonds is 4. The first kappa shape index (κ1) is 16.8. The van der Waals surface area contributed by atoms with Crippen molar-refractivity contribution in [2.45, 2.75) is 32.1 Å². The summed E-state index contributed by atoms with van der Waals surface area (Å²) < 4.78 is 0. The summed E-state index contributed by atoms with van der Waals surface area (Å²) in [4.78, 5) is 24.7. The van der Waals surface area contributed by atoms with Gasteiger partial charge in [0.15, 0.2) is 0 Å². The van der Waals surface area contributed by atoms with Crippen LogP contribution in [0.25, 0.3) is 0 Å². The van der Waals surface area contributed by atoms with E-state index in [1.165, 1.54) is 0 Å². The molecule has 0 unspecified atom stereocenters. The highest BCUT2D eigenvalue weighted by molar-refractivity contribution is 6.29. The molecule has 0 bridgehead atoms. The quantitative estimate of drug-likeness (QED) is 0.834. The normalized spacial score (nSPS) is 18.0. The van der Waals surface area contributed by atoms with Gasteiger partial charge in [0.25, 0.3) is 5.91 Å². The molecule has 22 heavy (non-hydrogen) atoms. The topological polar surface area (TPSA) is 46.2 Å². The van der Waals surface area contributed by atoms with Crippen LogP contribution >= 0.6 is 23.2 Å². The summed E-state index contributed by atoms with van der Waals surface area (Å²) in [5.74, 6) is -0.686. The van der Waals surface area contributed by atoms with Gasteiger partial charge in [-0.2, -0.15) is 0 Å². The molecule has 2 amide bonds. The van der Waals surface area contributed by atoms with Crippen LogP contribution in [0.4, 0.5) is 0 Å². The lowest BCUT2D eigenvalue weighted by atomic mass is 9.70. The average Bonchev–Trinajstić information content (AvgIpc) is 2.46. The molecule has 1 heterocycles. The van der Waals surface area contributed by atoms with Gasteiger partial charge in [-0.1, -0.05) is 53.6 Å². The average molecular weight is 338 g/mol. The molecule has 0 saturated heterocycles. The first-order valence-electron chi connectivity index (χ1n) is 6.96. The van der Waals surface area contributed by atoms with Crippen molar-refractivity contribution in [2.24, 2.45) is 0 Å². The molecule has 0 atom stereocenters. The van der Waals surface area contributed by atoms with Crippen LogP contribution in [0, 0.1) is 0 Å². The molecule has 0 spiro atoms. The van der Waals surface area contributed by atoms with Gasteiger partial charge >= 0.3 is 0 Å². The lowest BCUT2D eigenvalue weighted by molar-refractivity contribution is -0.126. The minimum Gasteiger partial charge on any atom is -0.292 e. The molecule has 0 saturated carbocycles. The van der Waals surface area contributed by atoms with E-state index in [-0.39, 0.29) is 11.8 Å². The number of benzene rings is 1. The van der Waals surface area contributed by atoms with Crippen LogP contribution in [-0.4, -0.2) is 11.8 Å². The Hall–Kier alpha value is -1.58. The molecule has 1 aliphatic heterocycles. The molecule has 0 aliphatic carbocycles. The fourth-order valence-electron chi connectivity index (χ4n) is 2.63. The number of allylic oxidation sites excluding steroid dienone is 4. The van der Waals surface area contributed by atoms with E-state index < -0.39 is 5.41 Å². The van der Waals surface area contributed by atoms with Crippen LogP contribution in [-0.2, 0) is 10.2 Å². The second-order valence-corrected chi connectivity index (χ2v) is 6.59. The number of nitrogens with one attached hydrogen (secondary N) is 1. The van der Waals surface area contributed by atoms with Crippen molar-refractivity contribution >= 4 is 35.0 Å². The van der Waals surface area contributed by atoms with E-state index in [9.17, 15) is 9.59 Å². The van der Waals surface area contributed by atoms with E-state index in [4.69, 9.17) is 23.2 Å². The lowest BCUT2D eigenvalue weighted by Crippen LogP contribution is -2.51. The molecule has 0 radical (unpaired) electrons. The molecule has 1 N–H and O–H groups in total. The lowest BCUT2D eigenvalue weighted by Gasteiger charge is -2.36. The molecule has 0 fully saturated rings. The number of fused-ring (bicyclic) bond motifs is 1. The summed E-state index contributed by atoms with van der Waals surface area (Å²) in [5, 5.41) is 3.66. The Morgan fingerprint density at radius 1 is 1.09 bits per heavy atom. The van der Waals surface area contributed by atoms with Crippen molar-refractivity contribution in [1.29, 1.82) is 0 Å². The Labute approximate surface area is 140 Å². The maximum atomic E-state index is 12.6. The van der Waals surface area contributed by atoms with Crippen molar-refractivity contribution in [1.82, 2.24) is 5.32 Å². The SMILES string of the molecule is C/C(Cl)=C\CC1(C/C=C(\C)Cl)C(=O)NC(=O)c2ccccc21. The maximum Gasteiger partial charge on any atom is 0.258 e. The monoisotopic (exact) mass is 337 g/mol. The highest BCUT2D eigenvalue weighted by Gasteiger charge is 2.45. The summed E-state index contributed by atoms with van der Waals surface area (Å²) in [6.07, 6.45) is 4.40. The molecule has 1 aliphatic rings. The van der Waals surface area contributed by atoms with Crippen molar-refractivity contribution in [2.75, 3.05) is 0 Å². The van der Waals surface area contributed by atoms with E-state index in [2.05, 4.69) is 5.32 Å². The molecule has 3 nitrogen and oxygen atoms in total. The van der Waals surface area contributed by atoms with E-state index in [0.29, 0.717) is 34.0 Å². The first-order chi connectivity index (χ1) is 10.4. The Bertz CT molecular complexity index is 649. The number of carbonyl (C=O) groups is 2. The molecule has 1 aromatic rings. The predicted octanol–water partition coefficient (Wildman–Crippen LogP) is 4.26. The third-order valence-corrected chi connectivity index (χ3v) is 4.12. The molecule has 116 valence electrons. The van der Waals surface area contributed by atoms with E-state index in [1.807, 2.05) is 12.1 Å². The van der Waals surface area contributed by atoms with Crippen molar-refractivity contribution in [3.05, 3.63) is 57.6 Å². The van der Waals surface area contributed by atoms with Gasteiger partial charge in [-0.15, -0.1) is 0 Å². The van der Waals surface area contributed by atoms with Crippen LogP contribution in [0.1, 0.15) is 42.6 Å². The van der Waals surface area contributed by atoms with Gasteiger partial charge in [0.2, 0.25) is 5.91 Å². The molecule has 1 aromatic carbocycles. The van der Waals surface area contributed by atoms with Gasteiger partial charge < -0.3 is 0 Å². The van der Waals surface area contributed by atoms with Gasteiger partial charge in [0, 0.05) is 15.6 Å². The largest absolute Gasteiger partial charge is 0.292 e. The Kier molecular flexibility index (Phi) is 5.09. The highest BCUT2D eigenvalue weighted by Crippen LogP contribution is 2.39. The minimum atomic E-state index is -0.878. The zero-order chi connectivity index (χ0) is 16.3. The van der Waals surface area contributed by atoms with Gasteiger partial charge in [0.05, 0.1) is 5.41 Å². The fourth-order valence-corrected chi connectivity index (χ4v) is 2.78. The Morgan fingerprint density at radius 3 is 2.18 bits per heavy atom. The highest BCUT2D eigenvalue weighted by atomic mass is 35.5. The summed E-state index contributed by atoms with van der Waals surface area (Å²) in [7, 11) is 0. The summed E-state index contributed by atoms with van der Waals surface area (Å²) in [6.45, 7) is 3.52. The third-order valence-electron chi connectivity index (χ3n) is 3.81. The number of hydrogen-bond donors (Lipinski definition) is 1. The summed E-state index contributed by atoms with van der Waals surface area (Å²) in [6, 6.07) is 7.15. The number of halogens is 2. The minimum absolute atomic E-state index is 0.320. The standard InChI is InChI=1S/C17H17Cl2NO2/c1-11(18)7-9-17(10-8-12(2)19)14-6-4-3-5-13(14)15(21)20-16(17)22/h3-8H,9-10H2,1-2H3,(H,20,21,22)/b11-7+,12-8+. The summed E-state index contributed by atoms with van der Waals surface area (Å²) >= 11 is 11.9. The van der Waals surface area contributed by atoms with Crippen molar-refractivity contribution in [3.63, 3.8) is 0 Å². The van der Waals surface area contributed by atoms with Crippen LogP contribution in [0.5, 0.6) is 0 Å². The van der Waals surface area contributed by atoms with Crippen LogP contribution < -0.4 is 5.32 Å². The van der Waals surface area contributed by atoms with E-state index >= 15 is 0 Å². The molecule has 2 rings (SSSR count). The number of hydrogen-bond acceptors (Lipinski definition) is 2. The number of amides is 2. The Balaban J connectivity index is 2.61. The zero-order valence-electron chi connectivity index (χ0n) is 12.5. The van der Waals surface area contributed by atoms with Gasteiger partial charge in [-0.3, -0.25) is 14.9 Å². The Morgan fingerprint density at radius 2 is 1.64 bits per heavy atom. The third kappa shape index (κ3) is 3.26. The number of carbonyl (C=O) groups excluding carboxylic acids is 2. The van der Waals surface area contributed by atoms with Gasteiger partial charge in [-0.05, 0) is 38.3 Å². The maximum absolute atomic E-state index is 12.6. The molecule has 0 aromatic heterocycles. The first-order valence-corrected chi connectivity index (χ1v) is 7.72. The predicted molar refractivity (Wildman–Crippen MR) is 89.0 cm³/mol. The van der Waals surface area contributed by atoms with Crippen LogP contribution in [0.15, 0.2) is 46.5 Å². The van der Waals surface area contributed by atoms with E-state index in [1.54, 1.807) is 38.1 Å². The van der Waals surface area contributed by atoms with Crippen LogP contribution in [0.3, 0.4) is 0 Å². The second-order valence-electron chi connectivity index (χ2n) is 5.40. The van der Waals surface area contributed by atoms with Gasteiger partial charge in [-0.25, -0.2) is 0 Å². The molecular weight excluding hydrogens is 321 g/mol. The van der Waals surface area contributed by atoms with Crippen molar-refractivity contribution in [3.8, 4) is 0 Å². The fraction of sp³-hybridized carbons (Fsp3) is 0.294.